The zero-order chi connectivity index (χ0) is 11.9. The van der Waals surface area contributed by atoms with Crippen molar-refractivity contribution in [3.05, 3.63) is 71.8 Å². The van der Waals surface area contributed by atoms with E-state index >= 15 is 0 Å². The van der Waals surface area contributed by atoms with Gasteiger partial charge in [-0.2, -0.15) is 0 Å². The Kier molecular flexibility index (Phi) is 4.60. The molecule has 2 rings (SSSR count). The molecule has 0 saturated heterocycles. The van der Waals surface area contributed by atoms with Crippen LogP contribution in [0.2, 0.25) is 0 Å². The average molecular weight is 246 g/mol. The molecule has 0 saturated carbocycles. The Balaban J connectivity index is 1.98. The normalized spacial score (nSPS) is 10.7. The summed E-state index contributed by atoms with van der Waals surface area (Å²) < 4.78 is 0. The van der Waals surface area contributed by atoms with Crippen molar-refractivity contribution in [2.45, 2.75) is 13.1 Å². The molecule has 2 aromatic carbocycles. The van der Waals surface area contributed by atoms with Gasteiger partial charge in [-0.25, -0.2) is 0 Å². The highest BCUT2D eigenvalue weighted by molar-refractivity contribution is 6.17. The minimum absolute atomic E-state index is 0.545. The van der Waals surface area contributed by atoms with Crippen molar-refractivity contribution in [2.24, 2.45) is 0 Å². The standard InChI is InChI=1S/C15H16ClN/c16-13-17(11-14-7-3-1-4-8-14)12-15-9-5-2-6-10-15/h1-10H,11-13H2. The molecule has 2 heteroatoms. The highest BCUT2D eigenvalue weighted by Crippen LogP contribution is 2.10. The maximum absolute atomic E-state index is 5.99. The van der Waals surface area contributed by atoms with Gasteiger partial charge in [-0.3, -0.25) is 4.90 Å². The summed E-state index contributed by atoms with van der Waals surface area (Å²) in [5, 5.41) is 0. The summed E-state index contributed by atoms with van der Waals surface area (Å²) in [6, 6.07) is 21.4. The molecule has 2 aromatic rings. The van der Waals surface area contributed by atoms with Gasteiger partial charge >= 0.3 is 0 Å². The van der Waals surface area contributed by atoms with E-state index in [1.165, 1.54) is 11.1 Å². The monoisotopic (exact) mass is 245 g/mol. The fraction of sp³-hybridized carbons (Fsp3) is 0.200. The van der Waals surface area contributed by atoms with Crippen LogP contribution < -0.4 is 0 Å². The minimum Gasteiger partial charge on any atom is -0.281 e. The van der Waals surface area contributed by atoms with E-state index in [0.29, 0.717) is 6.00 Å². The van der Waals surface area contributed by atoms with Crippen molar-refractivity contribution in [3.8, 4) is 0 Å². The summed E-state index contributed by atoms with van der Waals surface area (Å²) in [6.07, 6.45) is 0. The van der Waals surface area contributed by atoms with Crippen molar-refractivity contribution in [1.29, 1.82) is 0 Å². The Morgan fingerprint density at radius 2 is 1.12 bits per heavy atom. The molecule has 88 valence electrons. The van der Waals surface area contributed by atoms with Gasteiger partial charge in [0.2, 0.25) is 0 Å². The first kappa shape index (κ1) is 12.2. The first-order valence-electron chi connectivity index (χ1n) is 5.74. The van der Waals surface area contributed by atoms with E-state index in [9.17, 15) is 0 Å². The second kappa shape index (κ2) is 6.43. The van der Waals surface area contributed by atoms with Gasteiger partial charge in [0.25, 0.3) is 0 Å². The number of hydrogen-bond acceptors (Lipinski definition) is 1. The first-order valence-corrected chi connectivity index (χ1v) is 6.28. The summed E-state index contributed by atoms with van der Waals surface area (Å²) >= 11 is 5.99. The SMILES string of the molecule is ClCN(Cc1ccccc1)Cc1ccccc1. The maximum atomic E-state index is 5.99. The quantitative estimate of drug-likeness (QED) is 0.571. The predicted molar refractivity (Wildman–Crippen MR) is 72.9 cm³/mol. The summed E-state index contributed by atoms with van der Waals surface area (Å²) in [6.45, 7) is 1.78. The van der Waals surface area contributed by atoms with Crippen LogP contribution in [0.1, 0.15) is 11.1 Å². The second-order valence-corrected chi connectivity index (χ2v) is 4.32. The van der Waals surface area contributed by atoms with Crippen LogP contribution in [0, 0.1) is 0 Å². The molecule has 0 radical (unpaired) electrons. The summed E-state index contributed by atoms with van der Waals surface area (Å²) in [4.78, 5) is 2.21. The zero-order valence-electron chi connectivity index (χ0n) is 9.72. The van der Waals surface area contributed by atoms with Crippen LogP contribution in [0.4, 0.5) is 0 Å². The number of halogens is 1. The molecule has 0 atom stereocenters. The fourth-order valence-corrected chi connectivity index (χ4v) is 1.99. The molecule has 0 aromatic heterocycles. The molecule has 0 amide bonds. The van der Waals surface area contributed by atoms with Crippen LogP contribution in [0.25, 0.3) is 0 Å². The second-order valence-electron chi connectivity index (χ2n) is 4.08. The molecule has 0 aliphatic heterocycles. The Hall–Kier alpha value is -1.31. The van der Waals surface area contributed by atoms with E-state index < -0.39 is 0 Å². The van der Waals surface area contributed by atoms with Gasteiger partial charge in [0.05, 0.1) is 6.00 Å². The molecule has 0 heterocycles. The lowest BCUT2D eigenvalue weighted by atomic mass is 10.2. The van der Waals surface area contributed by atoms with Crippen molar-refractivity contribution in [2.75, 3.05) is 6.00 Å². The van der Waals surface area contributed by atoms with Gasteiger partial charge in [0, 0.05) is 13.1 Å². The van der Waals surface area contributed by atoms with Crippen LogP contribution in [0.5, 0.6) is 0 Å². The molecule has 0 N–H and O–H groups in total. The van der Waals surface area contributed by atoms with Crippen LogP contribution in [-0.2, 0) is 13.1 Å². The van der Waals surface area contributed by atoms with Gasteiger partial charge < -0.3 is 0 Å². The van der Waals surface area contributed by atoms with Crippen molar-refractivity contribution in [1.82, 2.24) is 4.90 Å². The van der Waals surface area contributed by atoms with Gasteiger partial charge in [-0.15, -0.1) is 11.6 Å². The van der Waals surface area contributed by atoms with Crippen LogP contribution in [-0.4, -0.2) is 10.9 Å². The number of benzene rings is 2. The van der Waals surface area contributed by atoms with Crippen molar-refractivity contribution < 1.29 is 0 Å². The van der Waals surface area contributed by atoms with Crippen LogP contribution >= 0.6 is 11.6 Å². The lowest BCUT2D eigenvalue weighted by Crippen LogP contribution is -2.21. The zero-order valence-corrected chi connectivity index (χ0v) is 10.5. The third kappa shape index (κ3) is 3.88. The van der Waals surface area contributed by atoms with Gasteiger partial charge in [-0.1, -0.05) is 60.7 Å². The van der Waals surface area contributed by atoms with E-state index in [2.05, 4.69) is 53.4 Å². The third-order valence-corrected chi connectivity index (χ3v) is 3.01. The number of rotatable bonds is 5. The largest absolute Gasteiger partial charge is 0.281 e. The Bertz CT molecular complexity index is 386. The number of nitrogens with zero attached hydrogens (tertiary/aromatic N) is 1. The molecule has 0 unspecified atom stereocenters. The van der Waals surface area contributed by atoms with E-state index in [1.807, 2.05) is 12.1 Å². The summed E-state index contributed by atoms with van der Waals surface area (Å²) in [7, 11) is 0. The van der Waals surface area contributed by atoms with Gasteiger partial charge in [0.1, 0.15) is 0 Å². The first-order chi connectivity index (χ1) is 8.38. The lowest BCUT2D eigenvalue weighted by molar-refractivity contribution is 0.302. The smallest absolute Gasteiger partial charge is 0.0744 e. The highest BCUT2D eigenvalue weighted by Gasteiger charge is 2.04. The molecule has 1 nitrogen and oxygen atoms in total. The van der Waals surface area contributed by atoms with E-state index in [-0.39, 0.29) is 0 Å². The maximum Gasteiger partial charge on any atom is 0.0744 e. The molecule has 0 bridgehead atoms. The van der Waals surface area contributed by atoms with Gasteiger partial charge in [0.15, 0.2) is 0 Å². The Labute approximate surface area is 108 Å². The van der Waals surface area contributed by atoms with Gasteiger partial charge in [-0.05, 0) is 11.1 Å². The minimum atomic E-state index is 0.545. The van der Waals surface area contributed by atoms with Crippen LogP contribution in [0.3, 0.4) is 0 Å². The molecule has 17 heavy (non-hydrogen) atoms. The molecular weight excluding hydrogens is 230 g/mol. The van der Waals surface area contributed by atoms with Crippen LogP contribution in [0.15, 0.2) is 60.7 Å². The molecule has 0 fully saturated rings. The summed E-state index contributed by atoms with van der Waals surface area (Å²) in [5.74, 6) is 0. The van der Waals surface area contributed by atoms with Crippen molar-refractivity contribution >= 4 is 11.6 Å². The van der Waals surface area contributed by atoms with Crippen molar-refractivity contribution in [3.63, 3.8) is 0 Å². The average Bonchev–Trinajstić information content (AvgIpc) is 2.40. The summed E-state index contributed by atoms with van der Waals surface area (Å²) in [5.41, 5.74) is 2.59. The molecule has 0 aliphatic carbocycles. The lowest BCUT2D eigenvalue weighted by Gasteiger charge is -2.19. The molecular formula is C15H16ClN. The highest BCUT2D eigenvalue weighted by atomic mass is 35.5. The number of hydrogen-bond donors (Lipinski definition) is 0. The molecule has 0 aliphatic rings. The van der Waals surface area contributed by atoms with E-state index in [4.69, 9.17) is 11.6 Å². The third-order valence-electron chi connectivity index (χ3n) is 2.67. The fourth-order valence-electron chi connectivity index (χ4n) is 1.82. The van der Waals surface area contributed by atoms with E-state index in [0.717, 1.165) is 13.1 Å². The Morgan fingerprint density at radius 1 is 0.706 bits per heavy atom. The Morgan fingerprint density at radius 3 is 1.47 bits per heavy atom. The number of alkyl halides is 1. The molecule has 0 spiro atoms. The predicted octanol–water partition coefficient (Wildman–Crippen LogP) is 3.89. The van der Waals surface area contributed by atoms with E-state index in [1.54, 1.807) is 0 Å². The topological polar surface area (TPSA) is 3.24 Å².